The first kappa shape index (κ1) is 19.0. The molecule has 2 heterocycles. The van der Waals surface area contributed by atoms with Crippen LogP contribution < -0.4 is 10.2 Å². The van der Waals surface area contributed by atoms with Crippen LogP contribution in [-0.2, 0) is 22.6 Å². The van der Waals surface area contributed by atoms with E-state index in [1.54, 1.807) is 16.2 Å². The second-order valence-electron chi connectivity index (χ2n) is 6.71. The van der Waals surface area contributed by atoms with E-state index in [9.17, 15) is 4.79 Å². The topological polar surface area (TPSA) is 50.6 Å². The van der Waals surface area contributed by atoms with Crippen molar-refractivity contribution in [2.24, 2.45) is 0 Å². The minimum Gasteiger partial charge on any atom is -0.370 e. The summed E-state index contributed by atoms with van der Waals surface area (Å²) in [7, 11) is 0. The van der Waals surface area contributed by atoms with Crippen LogP contribution >= 0.6 is 11.3 Å². The zero-order chi connectivity index (χ0) is 18.0. The number of amides is 1. The van der Waals surface area contributed by atoms with E-state index < -0.39 is 0 Å². The number of carbonyl (C=O) groups excluding carboxylic acids is 1. The molecule has 2 aromatic rings. The smallest absolute Gasteiger partial charge is 0.278 e. The van der Waals surface area contributed by atoms with E-state index >= 15 is 0 Å². The Morgan fingerprint density at radius 3 is 2.65 bits per heavy atom. The van der Waals surface area contributed by atoms with Crippen LogP contribution in [0.3, 0.4) is 0 Å². The summed E-state index contributed by atoms with van der Waals surface area (Å²) < 4.78 is 5.39. The molecule has 5 nitrogen and oxygen atoms in total. The average molecular weight is 376 g/mol. The van der Waals surface area contributed by atoms with Crippen molar-refractivity contribution in [2.75, 3.05) is 45.9 Å². The third kappa shape index (κ3) is 6.21. The third-order valence-electron chi connectivity index (χ3n) is 4.72. The second kappa shape index (κ2) is 10.4. The molecule has 1 fully saturated rings. The minimum atomic E-state index is 0.208. The van der Waals surface area contributed by atoms with Crippen LogP contribution in [0.2, 0.25) is 0 Å². The van der Waals surface area contributed by atoms with Gasteiger partial charge in [-0.3, -0.25) is 4.79 Å². The van der Waals surface area contributed by atoms with Crippen molar-refractivity contribution in [3.8, 4) is 0 Å². The van der Waals surface area contributed by atoms with E-state index in [4.69, 9.17) is 4.74 Å². The lowest BCUT2D eigenvalue weighted by molar-refractivity contribution is -0.919. The predicted molar refractivity (Wildman–Crippen MR) is 103 cm³/mol. The van der Waals surface area contributed by atoms with Crippen molar-refractivity contribution in [3.05, 3.63) is 58.3 Å². The fraction of sp³-hybridized carbons (Fsp3) is 0.450. The van der Waals surface area contributed by atoms with Gasteiger partial charge in [0.25, 0.3) is 5.91 Å². The first-order valence-electron chi connectivity index (χ1n) is 9.38. The molecule has 1 aromatic heterocycles. The van der Waals surface area contributed by atoms with Gasteiger partial charge in [-0.2, -0.15) is 0 Å². The van der Waals surface area contributed by atoms with Gasteiger partial charge in [0.15, 0.2) is 6.54 Å². The molecular weight excluding hydrogens is 346 g/mol. The summed E-state index contributed by atoms with van der Waals surface area (Å²) >= 11 is 1.71. The Kier molecular flexibility index (Phi) is 7.64. The number of quaternary nitrogens is 2. The maximum Gasteiger partial charge on any atom is 0.278 e. The van der Waals surface area contributed by atoms with Crippen molar-refractivity contribution in [3.63, 3.8) is 0 Å². The molecule has 1 aliphatic rings. The van der Waals surface area contributed by atoms with Gasteiger partial charge in [0, 0.05) is 11.4 Å². The molecule has 1 aliphatic heterocycles. The molecule has 0 radical (unpaired) electrons. The largest absolute Gasteiger partial charge is 0.370 e. The van der Waals surface area contributed by atoms with Crippen LogP contribution in [0.5, 0.6) is 0 Å². The zero-order valence-electron chi connectivity index (χ0n) is 15.2. The monoisotopic (exact) mass is 375 g/mol. The number of rotatable bonds is 9. The highest BCUT2D eigenvalue weighted by atomic mass is 32.1. The molecule has 0 saturated carbocycles. The fourth-order valence-electron chi connectivity index (χ4n) is 3.20. The SMILES string of the molecule is O=C(C[NH2+]CC[NH+]1CCOCC1)N(Cc1ccccc1)Cc1cccs1. The van der Waals surface area contributed by atoms with E-state index in [1.165, 1.54) is 10.4 Å². The average Bonchev–Trinajstić information content (AvgIpc) is 3.19. The maximum atomic E-state index is 12.8. The maximum absolute atomic E-state index is 12.8. The number of carbonyl (C=O) groups is 1. The van der Waals surface area contributed by atoms with Gasteiger partial charge in [-0.25, -0.2) is 0 Å². The molecule has 0 spiro atoms. The number of thiophene rings is 1. The number of hydrogen-bond donors (Lipinski definition) is 2. The van der Waals surface area contributed by atoms with E-state index in [0.29, 0.717) is 19.6 Å². The van der Waals surface area contributed by atoms with E-state index in [-0.39, 0.29) is 5.91 Å². The Morgan fingerprint density at radius 1 is 1.12 bits per heavy atom. The van der Waals surface area contributed by atoms with Crippen molar-refractivity contribution < 1.29 is 19.7 Å². The molecule has 0 bridgehead atoms. The van der Waals surface area contributed by atoms with Crippen LogP contribution in [0, 0.1) is 0 Å². The molecule has 0 aliphatic carbocycles. The highest BCUT2D eigenvalue weighted by Gasteiger charge is 2.18. The van der Waals surface area contributed by atoms with Crippen molar-refractivity contribution in [1.82, 2.24) is 4.90 Å². The molecule has 1 saturated heterocycles. The van der Waals surface area contributed by atoms with Crippen molar-refractivity contribution in [2.45, 2.75) is 13.1 Å². The van der Waals surface area contributed by atoms with Crippen LogP contribution in [0.15, 0.2) is 47.8 Å². The van der Waals surface area contributed by atoms with Gasteiger partial charge >= 0.3 is 0 Å². The third-order valence-corrected chi connectivity index (χ3v) is 5.58. The normalized spacial score (nSPS) is 15.1. The number of morpholine rings is 1. The predicted octanol–water partition coefficient (Wildman–Crippen LogP) is -0.245. The van der Waals surface area contributed by atoms with Crippen LogP contribution in [0.25, 0.3) is 0 Å². The summed E-state index contributed by atoms with van der Waals surface area (Å²) in [5.74, 6) is 0.208. The van der Waals surface area contributed by atoms with Crippen LogP contribution in [-0.4, -0.2) is 56.7 Å². The van der Waals surface area contributed by atoms with Gasteiger partial charge < -0.3 is 19.9 Å². The molecule has 1 aromatic carbocycles. The lowest BCUT2D eigenvalue weighted by atomic mass is 10.2. The molecule has 0 unspecified atom stereocenters. The Bertz CT molecular complexity index is 642. The van der Waals surface area contributed by atoms with Gasteiger partial charge in [-0.1, -0.05) is 36.4 Å². The summed E-state index contributed by atoms with van der Waals surface area (Å²) in [4.78, 5) is 17.6. The van der Waals surface area contributed by atoms with Gasteiger partial charge in [-0.05, 0) is 17.0 Å². The first-order valence-corrected chi connectivity index (χ1v) is 10.3. The first-order chi connectivity index (χ1) is 12.8. The Morgan fingerprint density at radius 2 is 1.92 bits per heavy atom. The molecule has 3 rings (SSSR count). The summed E-state index contributed by atoms with van der Waals surface area (Å²) in [6.07, 6.45) is 0. The van der Waals surface area contributed by atoms with E-state index in [2.05, 4.69) is 28.9 Å². The number of hydrogen-bond acceptors (Lipinski definition) is 3. The summed E-state index contributed by atoms with van der Waals surface area (Å²) in [6.45, 7) is 7.84. The molecule has 3 N–H and O–H groups in total. The van der Waals surface area contributed by atoms with E-state index in [1.807, 2.05) is 29.2 Å². The lowest BCUT2D eigenvalue weighted by Crippen LogP contribution is -3.16. The fourth-order valence-corrected chi connectivity index (χ4v) is 3.92. The van der Waals surface area contributed by atoms with Crippen molar-refractivity contribution in [1.29, 1.82) is 0 Å². The van der Waals surface area contributed by atoms with Crippen LogP contribution in [0.4, 0.5) is 0 Å². The van der Waals surface area contributed by atoms with Crippen LogP contribution in [0.1, 0.15) is 10.4 Å². The Labute approximate surface area is 159 Å². The number of nitrogens with zero attached hydrogens (tertiary/aromatic N) is 1. The summed E-state index contributed by atoms with van der Waals surface area (Å²) in [6, 6.07) is 14.4. The minimum absolute atomic E-state index is 0.208. The number of ether oxygens (including phenoxy) is 1. The number of nitrogens with two attached hydrogens (primary N) is 1. The molecule has 6 heteroatoms. The highest BCUT2D eigenvalue weighted by Crippen LogP contribution is 2.14. The van der Waals surface area contributed by atoms with Crippen molar-refractivity contribution >= 4 is 17.2 Å². The summed E-state index contributed by atoms with van der Waals surface area (Å²) in [5.41, 5.74) is 1.18. The Balaban J connectivity index is 1.48. The highest BCUT2D eigenvalue weighted by molar-refractivity contribution is 7.09. The molecule has 140 valence electrons. The second-order valence-corrected chi connectivity index (χ2v) is 7.74. The van der Waals surface area contributed by atoms with Gasteiger partial charge in [0.05, 0.1) is 19.8 Å². The Hall–Kier alpha value is -1.73. The molecule has 0 atom stereocenters. The van der Waals surface area contributed by atoms with Gasteiger partial charge in [0.1, 0.15) is 26.2 Å². The zero-order valence-corrected chi connectivity index (χ0v) is 16.0. The van der Waals surface area contributed by atoms with Gasteiger partial charge in [0.2, 0.25) is 0 Å². The standard InChI is InChI=1S/C20H27N3O2S/c24-20(15-21-8-9-22-10-12-25-13-11-22)23(17-19-7-4-14-26-19)16-18-5-2-1-3-6-18/h1-7,14,21H,8-13,15-17H2/p+2. The molecule has 1 amide bonds. The quantitative estimate of drug-likeness (QED) is 0.594. The number of nitrogens with one attached hydrogen (secondary N) is 1. The number of benzene rings is 1. The molecule has 26 heavy (non-hydrogen) atoms. The molecular formula is C20H29N3O2S+2. The van der Waals surface area contributed by atoms with Gasteiger partial charge in [-0.15, -0.1) is 11.3 Å². The summed E-state index contributed by atoms with van der Waals surface area (Å²) in [5, 5.41) is 4.22. The lowest BCUT2D eigenvalue weighted by Gasteiger charge is -2.24. The van der Waals surface area contributed by atoms with E-state index in [0.717, 1.165) is 39.4 Å².